The predicted molar refractivity (Wildman–Crippen MR) is 145 cm³/mol. The van der Waals surface area contributed by atoms with E-state index in [4.69, 9.17) is 9.05 Å². The van der Waals surface area contributed by atoms with Crippen molar-refractivity contribution in [3.8, 4) is 11.4 Å². The van der Waals surface area contributed by atoms with Crippen molar-refractivity contribution in [3.05, 3.63) is 80.5 Å². The van der Waals surface area contributed by atoms with Crippen LogP contribution in [0, 0.1) is 0 Å². The zero-order valence-electron chi connectivity index (χ0n) is 22.5. The number of hydrogen-bond acceptors (Lipinski definition) is 8. The van der Waals surface area contributed by atoms with E-state index in [-0.39, 0.29) is 13.1 Å². The fourth-order valence-corrected chi connectivity index (χ4v) is 6.38. The van der Waals surface area contributed by atoms with Gasteiger partial charge in [-0.1, -0.05) is 51.0 Å². The molecule has 0 radical (unpaired) electrons. The van der Waals surface area contributed by atoms with Crippen molar-refractivity contribution in [2.24, 2.45) is 0 Å². The molecule has 0 aliphatic heterocycles. The standard InChI is InChI=1S/C25H30N6O8S2/c1-3-5-15-26-40(34,35)22-24(32)38-28-30(22)20-11-7-18(8-12-20)17-19-9-13-21(14-10-19)31-23(25(33)39-29-31)41(36,37)27-16-6-4-2/h7-14,26-27H,3-6,15-17H2,1-2H3/p+2. The van der Waals surface area contributed by atoms with Crippen LogP contribution in [0.2, 0.25) is 0 Å². The molecule has 220 valence electrons. The molecule has 0 unspecified atom stereocenters. The predicted octanol–water partition coefficient (Wildman–Crippen LogP) is 0.550. The monoisotopic (exact) mass is 608 g/mol. The quantitative estimate of drug-likeness (QED) is 0.118. The molecule has 14 nitrogen and oxygen atoms in total. The lowest BCUT2D eigenvalue weighted by molar-refractivity contribution is -0.705. The van der Waals surface area contributed by atoms with Crippen LogP contribution >= 0.6 is 0 Å². The molecule has 0 spiro atoms. The first-order valence-corrected chi connectivity index (χ1v) is 16.0. The van der Waals surface area contributed by atoms with Crippen LogP contribution in [-0.2, 0) is 26.5 Å². The second kappa shape index (κ2) is 12.8. The number of aromatic nitrogens is 4. The van der Waals surface area contributed by atoms with Gasteiger partial charge in [0.15, 0.2) is 0 Å². The van der Waals surface area contributed by atoms with Crippen LogP contribution in [0.4, 0.5) is 0 Å². The van der Waals surface area contributed by atoms with E-state index in [1.54, 1.807) is 48.5 Å². The molecule has 2 aromatic carbocycles. The second-order valence-electron chi connectivity index (χ2n) is 9.26. The van der Waals surface area contributed by atoms with E-state index in [1.165, 1.54) is 0 Å². The Balaban J connectivity index is 1.51. The van der Waals surface area contributed by atoms with Crippen LogP contribution in [0.3, 0.4) is 0 Å². The van der Waals surface area contributed by atoms with Crippen molar-refractivity contribution in [3.63, 3.8) is 0 Å². The molecule has 0 atom stereocenters. The highest BCUT2D eigenvalue weighted by atomic mass is 32.2. The highest BCUT2D eigenvalue weighted by molar-refractivity contribution is 7.89. The highest BCUT2D eigenvalue weighted by Crippen LogP contribution is 2.13. The molecule has 2 heterocycles. The first-order valence-electron chi connectivity index (χ1n) is 13.0. The van der Waals surface area contributed by atoms with Crippen molar-refractivity contribution in [2.75, 3.05) is 13.1 Å². The Morgan fingerprint density at radius 2 is 1.02 bits per heavy atom. The third-order valence-electron chi connectivity index (χ3n) is 6.17. The van der Waals surface area contributed by atoms with E-state index in [1.807, 2.05) is 13.8 Å². The zero-order valence-corrected chi connectivity index (χ0v) is 24.2. The summed E-state index contributed by atoms with van der Waals surface area (Å²) in [6.45, 7) is 4.24. The van der Waals surface area contributed by atoms with Crippen LogP contribution in [0.15, 0.2) is 77.2 Å². The maximum absolute atomic E-state index is 12.7. The number of nitrogens with zero attached hydrogens (tertiary/aromatic N) is 2. The normalized spacial score (nSPS) is 12.1. The number of rotatable bonds is 14. The van der Waals surface area contributed by atoms with Gasteiger partial charge in [0.2, 0.25) is 11.4 Å². The Morgan fingerprint density at radius 1 is 0.659 bits per heavy atom. The molecule has 0 aliphatic rings. The molecular weight excluding hydrogens is 576 g/mol. The molecule has 16 heteroatoms. The number of benzene rings is 2. The lowest BCUT2D eigenvalue weighted by Crippen LogP contribution is -2.44. The van der Waals surface area contributed by atoms with Crippen molar-refractivity contribution < 1.29 is 35.2 Å². The van der Waals surface area contributed by atoms with E-state index in [0.29, 0.717) is 30.6 Å². The summed E-state index contributed by atoms with van der Waals surface area (Å²) in [5.41, 5.74) is 0.502. The molecule has 0 saturated heterocycles. The largest absolute Gasteiger partial charge is 0.448 e. The molecule has 0 aliphatic carbocycles. The zero-order chi connectivity index (χ0) is 29.6. The third-order valence-corrected chi connectivity index (χ3v) is 9.05. The molecule has 0 fully saturated rings. The average molecular weight is 609 g/mol. The van der Waals surface area contributed by atoms with Gasteiger partial charge in [-0.3, -0.25) is 9.05 Å². The summed E-state index contributed by atoms with van der Waals surface area (Å²) in [7, 11) is -8.20. The highest BCUT2D eigenvalue weighted by Gasteiger charge is 2.37. The number of unbranched alkanes of at least 4 members (excludes halogenated alkanes) is 2. The number of aromatic amines is 2. The molecule has 2 aromatic heterocycles. The van der Waals surface area contributed by atoms with Gasteiger partial charge in [0, 0.05) is 37.4 Å². The minimum Gasteiger partial charge on any atom is -0.281 e. The summed E-state index contributed by atoms with van der Waals surface area (Å²) in [6.07, 6.45) is 3.32. The van der Waals surface area contributed by atoms with E-state index >= 15 is 0 Å². The maximum Gasteiger partial charge on any atom is 0.448 e. The van der Waals surface area contributed by atoms with E-state index < -0.39 is 41.3 Å². The van der Waals surface area contributed by atoms with Gasteiger partial charge in [-0.2, -0.15) is 0 Å². The number of hydrogen-bond donors (Lipinski definition) is 4. The van der Waals surface area contributed by atoms with Gasteiger partial charge >= 0.3 is 41.3 Å². The number of sulfonamides is 2. The van der Waals surface area contributed by atoms with Crippen molar-refractivity contribution in [1.29, 1.82) is 0 Å². The van der Waals surface area contributed by atoms with Crippen molar-refractivity contribution >= 4 is 20.0 Å². The summed E-state index contributed by atoms with van der Waals surface area (Å²) in [4.78, 5) is 24.3. The lowest BCUT2D eigenvalue weighted by atomic mass is 10.0. The molecule has 4 N–H and O–H groups in total. The maximum atomic E-state index is 12.7. The minimum atomic E-state index is -4.10. The Bertz CT molecular complexity index is 1670. The second-order valence-corrected chi connectivity index (χ2v) is 12.6. The van der Waals surface area contributed by atoms with Gasteiger partial charge in [-0.05, 0) is 50.3 Å². The van der Waals surface area contributed by atoms with Gasteiger partial charge in [0.25, 0.3) is 0 Å². The summed E-state index contributed by atoms with van der Waals surface area (Å²) in [5.74, 6) is 0. The van der Waals surface area contributed by atoms with Crippen molar-refractivity contribution in [1.82, 2.24) is 20.0 Å². The summed E-state index contributed by atoms with van der Waals surface area (Å²) in [6, 6.07) is 13.7. The van der Waals surface area contributed by atoms with E-state index in [2.05, 4.69) is 20.0 Å². The summed E-state index contributed by atoms with van der Waals surface area (Å²) in [5, 5.41) is 3.58. The van der Waals surface area contributed by atoms with Crippen molar-refractivity contribution in [2.45, 2.75) is 56.0 Å². The van der Waals surface area contributed by atoms with Crippen LogP contribution in [-0.4, -0.2) is 40.5 Å². The van der Waals surface area contributed by atoms with Crippen LogP contribution in [0.1, 0.15) is 50.7 Å². The Labute approximate surface area is 236 Å². The van der Waals surface area contributed by atoms with Crippen LogP contribution in [0.25, 0.3) is 11.4 Å². The van der Waals surface area contributed by atoms with Gasteiger partial charge in [0.05, 0.1) is 0 Å². The molecule has 4 aromatic rings. The fourth-order valence-electron chi connectivity index (χ4n) is 3.99. The van der Waals surface area contributed by atoms with E-state index in [0.717, 1.165) is 33.3 Å². The smallest absolute Gasteiger partial charge is 0.281 e. The summed E-state index contributed by atoms with van der Waals surface area (Å²) < 4.78 is 67.2. The fraction of sp³-hybridized carbons (Fsp3) is 0.360. The van der Waals surface area contributed by atoms with Crippen LogP contribution in [0.5, 0.6) is 0 Å². The van der Waals surface area contributed by atoms with E-state index in [9.17, 15) is 26.4 Å². The molecular formula is C25H32N6O8S2+2. The Morgan fingerprint density at radius 3 is 1.37 bits per heavy atom. The third kappa shape index (κ3) is 6.90. The van der Waals surface area contributed by atoms with Gasteiger partial charge in [-0.15, -0.1) is 0 Å². The number of nitrogens with one attached hydrogen (secondary N) is 4. The first kappa shape index (κ1) is 30.1. The Hall–Kier alpha value is -3.86. The van der Waals surface area contributed by atoms with Crippen LogP contribution < -0.4 is 30.1 Å². The van der Waals surface area contributed by atoms with Gasteiger partial charge in [-0.25, -0.2) is 35.9 Å². The minimum absolute atomic E-state index is 0.198. The topological polar surface area (TPSA) is 192 Å². The molecule has 4 rings (SSSR count). The molecule has 41 heavy (non-hydrogen) atoms. The van der Waals surface area contributed by atoms with Gasteiger partial charge in [0.1, 0.15) is 0 Å². The molecule has 0 saturated carbocycles. The average Bonchev–Trinajstić information content (AvgIpc) is 3.53. The summed E-state index contributed by atoms with van der Waals surface area (Å²) >= 11 is 0. The SMILES string of the molecule is CCCCNS(=O)(=O)c1c(=O)o[nH][n+]1-c1ccc(Cc2ccc(-[n+]3[nH]oc(=O)c3S(=O)(=O)NCCCC)cc2)cc1. The number of H-pyrrole nitrogens is 2. The molecule has 0 amide bonds. The molecule has 0 bridgehead atoms. The van der Waals surface area contributed by atoms with Gasteiger partial charge < -0.3 is 0 Å². The Kier molecular flexibility index (Phi) is 9.37. The first-order chi connectivity index (χ1) is 19.6. The lowest BCUT2D eigenvalue weighted by Gasteiger charge is -2.03.